The molecule has 0 aromatic heterocycles. The second-order valence-electron chi connectivity index (χ2n) is 7.83. The fraction of sp³-hybridized carbons (Fsp3) is 0.435. The van der Waals surface area contributed by atoms with Crippen LogP contribution in [0.25, 0.3) is 0 Å². The molecule has 0 radical (unpaired) electrons. The van der Waals surface area contributed by atoms with Gasteiger partial charge in [-0.05, 0) is 69.0 Å². The normalized spacial score (nSPS) is 17.7. The molecule has 2 aromatic carbocycles. The predicted octanol–water partition coefficient (Wildman–Crippen LogP) is 4.96. The van der Waals surface area contributed by atoms with Gasteiger partial charge in [-0.25, -0.2) is 0 Å². The molecule has 4 nitrogen and oxygen atoms in total. The fourth-order valence-electron chi connectivity index (χ4n) is 3.57. The van der Waals surface area contributed by atoms with Crippen LogP contribution >= 0.6 is 0 Å². The van der Waals surface area contributed by atoms with Crippen molar-refractivity contribution in [3.8, 4) is 5.75 Å². The summed E-state index contributed by atoms with van der Waals surface area (Å²) >= 11 is 0. The standard InChI is InChI=1S/C23H30N2O2/c1-17(2)27-22-8-4-7-21(14-22)24-23(26)20-11-9-19(10-12-20)16-25-13-5-6-18(3)15-25/h4,7-12,14,17-18H,5-6,13,15-16H2,1-3H3,(H,24,26)/t18-/m0/s1. The van der Waals surface area contributed by atoms with E-state index in [1.165, 1.54) is 24.9 Å². The van der Waals surface area contributed by atoms with E-state index in [1.54, 1.807) is 0 Å². The number of nitrogens with zero attached hydrogens (tertiary/aromatic N) is 1. The minimum absolute atomic E-state index is 0.102. The molecule has 1 amide bonds. The number of anilines is 1. The molecule has 1 saturated heterocycles. The molecule has 4 heteroatoms. The van der Waals surface area contributed by atoms with Crippen LogP contribution in [0.15, 0.2) is 48.5 Å². The highest BCUT2D eigenvalue weighted by atomic mass is 16.5. The Morgan fingerprint density at radius 3 is 2.70 bits per heavy atom. The zero-order chi connectivity index (χ0) is 19.2. The highest BCUT2D eigenvalue weighted by Gasteiger charge is 2.16. The molecule has 1 heterocycles. The Hall–Kier alpha value is -2.33. The Balaban J connectivity index is 1.59. The number of nitrogens with one attached hydrogen (secondary N) is 1. The number of benzene rings is 2. The first-order chi connectivity index (χ1) is 13.0. The van der Waals surface area contributed by atoms with Gasteiger partial charge < -0.3 is 10.1 Å². The number of rotatable bonds is 6. The second-order valence-corrected chi connectivity index (χ2v) is 7.83. The molecule has 0 unspecified atom stereocenters. The molecule has 0 saturated carbocycles. The third-order valence-corrected chi connectivity index (χ3v) is 4.83. The van der Waals surface area contributed by atoms with Gasteiger partial charge in [-0.2, -0.15) is 0 Å². The zero-order valence-electron chi connectivity index (χ0n) is 16.6. The van der Waals surface area contributed by atoms with Crippen molar-refractivity contribution in [2.24, 2.45) is 5.92 Å². The van der Waals surface area contributed by atoms with Crippen LogP contribution in [0.2, 0.25) is 0 Å². The van der Waals surface area contributed by atoms with Gasteiger partial charge in [0.25, 0.3) is 5.91 Å². The van der Waals surface area contributed by atoms with Crippen LogP contribution in [0.5, 0.6) is 5.75 Å². The molecule has 0 spiro atoms. The lowest BCUT2D eigenvalue weighted by Crippen LogP contribution is -2.33. The molecule has 1 fully saturated rings. The van der Waals surface area contributed by atoms with Gasteiger partial charge in [0.2, 0.25) is 0 Å². The first-order valence-electron chi connectivity index (χ1n) is 9.89. The lowest BCUT2D eigenvalue weighted by molar-refractivity contribution is 0.102. The molecule has 1 N–H and O–H groups in total. The molecule has 2 aromatic rings. The van der Waals surface area contributed by atoms with Crippen LogP contribution in [0.1, 0.15) is 49.5 Å². The molecule has 1 atom stereocenters. The fourth-order valence-corrected chi connectivity index (χ4v) is 3.57. The van der Waals surface area contributed by atoms with Crippen LogP contribution in [-0.2, 0) is 6.54 Å². The first kappa shape index (κ1) is 19.4. The maximum absolute atomic E-state index is 12.5. The van der Waals surface area contributed by atoms with E-state index in [1.807, 2.05) is 50.2 Å². The minimum Gasteiger partial charge on any atom is -0.491 e. The Morgan fingerprint density at radius 1 is 1.22 bits per heavy atom. The van der Waals surface area contributed by atoms with Crippen LogP contribution in [-0.4, -0.2) is 30.0 Å². The lowest BCUT2D eigenvalue weighted by Gasteiger charge is -2.30. The van der Waals surface area contributed by atoms with Gasteiger partial charge in [-0.3, -0.25) is 9.69 Å². The van der Waals surface area contributed by atoms with E-state index in [0.29, 0.717) is 5.56 Å². The number of amides is 1. The van der Waals surface area contributed by atoms with Gasteiger partial charge >= 0.3 is 0 Å². The van der Waals surface area contributed by atoms with Gasteiger partial charge in [0.05, 0.1) is 6.10 Å². The summed E-state index contributed by atoms with van der Waals surface area (Å²) in [6, 6.07) is 15.4. The monoisotopic (exact) mass is 366 g/mol. The number of carbonyl (C=O) groups is 1. The molecule has 1 aliphatic rings. The molecule has 1 aliphatic heterocycles. The summed E-state index contributed by atoms with van der Waals surface area (Å²) < 4.78 is 5.68. The number of carbonyl (C=O) groups excluding carboxylic acids is 1. The van der Waals surface area contributed by atoms with Crippen LogP contribution in [0, 0.1) is 5.92 Å². The van der Waals surface area contributed by atoms with Crippen molar-refractivity contribution in [3.05, 3.63) is 59.7 Å². The minimum atomic E-state index is -0.102. The number of ether oxygens (including phenoxy) is 1. The first-order valence-corrected chi connectivity index (χ1v) is 9.89. The molecule has 0 bridgehead atoms. The third-order valence-electron chi connectivity index (χ3n) is 4.83. The Morgan fingerprint density at radius 2 is 2.00 bits per heavy atom. The molecule has 0 aliphatic carbocycles. The molecular formula is C23H30N2O2. The predicted molar refractivity (Wildman–Crippen MR) is 110 cm³/mol. The van der Waals surface area contributed by atoms with E-state index in [-0.39, 0.29) is 12.0 Å². The van der Waals surface area contributed by atoms with Crippen molar-refractivity contribution in [2.45, 2.75) is 46.3 Å². The average molecular weight is 367 g/mol. The molecule has 27 heavy (non-hydrogen) atoms. The van der Waals surface area contributed by atoms with Gasteiger partial charge in [0, 0.05) is 30.4 Å². The van der Waals surface area contributed by atoms with Gasteiger partial charge in [-0.1, -0.05) is 25.1 Å². The summed E-state index contributed by atoms with van der Waals surface area (Å²) in [7, 11) is 0. The summed E-state index contributed by atoms with van der Waals surface area (Å²) in [6.07, 6.45) is 2.71. The van der Waals surface area contributed by atoms with Crippen LogP contribution < -0.4 is 10.1 Å². The van der Waals surface area contributed by atoms with E-state index in [4.69, 9.17) is 4.74 Å². The summed E-state index contributed by atoms with van der Waals surface area (Å²) in [5.41, 5.74) is 2.67. The van der Waals surface area contributed by atoms with E-state index >= 15 is 0 Å². The molecule has 144 valence electrons. The Kier molecular flexibility index (Phi) is 6.51. The van der Waals surface area contributed by atoms with Crippen LogP contribution in [0.3, 0.4) is 0 Å². The van der Waals surface area contributed by atoms with Crippen molar-refractivity contribution in [2.75, 3.05) is 18.4 Å². The van der Waals surface area contributed by atoms with Gasteiger partial charge in [0.15, 0.2) is 0 Å². The Bertz CT molecular complexity index is 755. The highest BCUT2D eigenvalue weighted by molar-refractivity contribution is 6.04. The lowest BCUT2D eigenvalue weighted by atomic mass is 9.99. The third kappa shape index (κ3) is 5.83. The smallest absolute Gasteiger partial charge is 0.255 e. The average Bonchev–Trinajstić information content (AvgIpc) is 2.62. The topological polar surface area (TPSA) is 41.6 Å². The van der Waals surface area contributed by atoms with Crippen molar-refractivity contribution < 1.29 is 9.53 Å². The van der Waals surface area contributed by atoms with Crippen molar-refractivity contribution >= 4 is 11.6 Å². The zero-order valence-corrected chi connectivity index (χ0v) is 16.6. The maximum Gasteiger partial charge on any atom is 0.255 e. The van der Waals surface area contributed by atoms with E-state index < -0.39 is 0 Å². The number of likely N-dealkylation sites (tertiary alicyclic amines) is 1. The largest absolute Gasteiger partial charge is 0.491 e. The number of hydrogen-bond acceptors (Lipinski definition) is 3. The van der Waals surface area contributed by atoms with E-state index in [0.717, 1.165) is 30.4 Å². The van der Waals surface area contributed by atoms with Crippen LogP contribution in [0.4, 0.5) is 5.69 Å². The maximum atomic E-state index is 12.5. The van der Waals surface area contributed by atoms with Crippen molar-refractivity contribution in [1.29, 1.82) is 0 Å². The van der Waals surface area contributed by atoms with Gasteiger partial charge in [0.1, 0.15) is 5.75 Å². The van der Waals surface area contributed by atoms with E-state index in [2.05, 4.69) is 29.3 Å². The molecular weight excluding hydrogens is 336 g/mol. The highest BCUT2D eigenvalue weighted by Crippen LogP contribution is 2.20. The summed E-state index contributed by atoms with van der Waals surface area (Å²) in [5, 5.41) is 2.95. The van der Waals surface area contributed by atoms with E-state index in [9.17, 15) is 4.79 Å². The summed E-state index contributed by atoms with van der Waals surface area (Å²) in [6.45, 7) is 9.58. The second kappa shape index (κ2) is 9.05. The Labute approximate surface area is 162 Å². The van der Waals surface area contributed by atoms with Crippen molar-refractivity contribution in [3.63, 3.8) is 0 Å². The number of hydrogen-bond donors (Lipinski definition) is 1. The van der Waals surface area contributed by atoms with Crippen molar-refractivity contribution in [1.82, 2.24) is 4.90 Å². The SMILES string of the molecule is CC(C)Oc1cccc(NC(=O)c2ccc(CN3CCC[C@H](C)C3)cc2)c1. The summed E-state index contributed by atoms with van der Waals surface area (Å²) in [5.74, 6) is 1.43. The molecule has 3 rings (SSSR count). The van der Waals surface area contributed by atoms with Gasteiger partial charge in [-0.15, -0.1) is 0 Å². The quantitative estimate of drug-likeness (QED) is 0.786. The number of piperidine rings is 1. The summed E-state index contributed by atoms with van der Waals surface area (Å²) in [4.78, 5) is 15.0.